The summed E-state index contributed by atoms with van der Waals surface area (Å²) in [6.45, 7) is 3.67. The molecular weight excluding hydrogens is 454 g/mol. The van der Waals surface area contributed by atoms with E-state index in [4.69, 9.17) is 11.6 Å². The molecule has 162 valence electrons. The first-order valence-electron chi connectivity index (χ1n) is 9.84. The number of anilines is 1. The summed E-state index contributed by atoms with van der Waals surface area (Å²) in [5.41, 5.74) is 0.975. The largest absolute Gasteiger partial charge is 0.336 e. The number of amides is 1. The number of nitrogens with zero attached hydrogens (tertiary/aromatic N) is 2. The van der Waals surface area contributed by atoms with Crippen LogP contribution in [0.1, 0.15) is 15.2 Å². The minimum Gasteiger partial charge on any atom is -0.336 e. The Morgan fingerprint density at radius 3 is 2.23 bits per heavy atom. The molecule has 0 bridgehead atoms. The molecule has 0 aliphatic carbocycles. The van der Waals surface area contributed by atoms with Crippen LogP contribution in [0.15, 0.2) is 71.6 Å². The van der Waals surface area contributed by atoms with Crippen LogP contribution in [0.4, 0.5) is 5.69 Å². The molecule has 0 saturated carbocycles. The lowest BCUT2D eigenvalue weighted by Gasteiger charge is -2.34. The molecule has 1 saturated heterocycles. The number of thiophene rings is 1. The Hall–Kier alpha value is -2.39. The van der Waals surface area contributed by atoms with Crippen LogP contribution in [-0.4, -0.2) is 50.3 Å². The van der Waals surface area contributed by atoms with Gasteiger partial charge in [-0.2, -0.15) is 0 Å². The van der Waals surface area contributed by atoms with Gasteiger partial charge in [-0.05, 0) is 48.5 Å². The summed E-state index contributed by atoms with van der Waals surface area (Å²) in [5.74, 6) is -0.0845. The van der Waals surface area contributed by atoms with Crippen LogP contribution in [-0.2, 0) is 16.6 Å². The Balaban J connectivity index is 1.35. The van der Waals surface area contributed by atoms with Gasteiger partial charge in [0.25, 0.3) is 15.9 Å². The minimum absolute atomic E-state index is 0.0845. The highest BCUT2D eigenvalue weighted by atomic mass is 35.5. The molecule has 9 heteroatoms. The van der Waals surface area contributed by atoms with Gasteiger partial charge in [0.15, 0.2) is 0 Å². The molecule has 1 aromatic heterocycles. The average molecular weight is 476 g/mol. The summed E-state index contributed by atoms with van der Waals surface area (Å²) >= 11 is 7.57. The van der Waals surface area contributed by atoms with Crippen molar-refractivity contribution in [2.75, 3.05) is 30.9 Å². The maximum atomic E-state index is 12.8. The van der Waals surface area contributed by atoms with E-state index in [-0.39, 0.29) is 10.8 Å². The Kier molecular flexibility index (Phi) is 6.62. The Morgan fingerprint density at radius 1 is 0.935 bits per heavy atom. The monoisotopic (exact) mass is 475 g/mol. The number of benzene rings is 2. The highest BCUT2D eigenvalue weighted by Gasteiger charge is 2.23. The molecule has 31 heavy (non-hydrogen) atoms. The topological polar surface area (TPSA) is 69.7 Å². The zero-order chi connectivity index (χ0) is 21.8. The molecule has 3 aromatic rings. The van der Waals surface area contributed by atoms with Crippen LogP contribution in [0.2, 0.25) is 4.34 Å². The smallest absolute Gasteiger partial charge is 0.261 e. The Morgan fingerprint density at radius 2 is 1.61 bits per heavy atom. The highest BCUT2D eigenvalue weighted by molar-refractivity contribution is 7.92. The molecule has 0 unspecified atom stereocenters. The summed E-state index contributed by atoms with van der Waals surface area (Å²) in [6.07, 6.45) is 0. The van der Waals surface area contributed by atoms with Crippen LogP contribution in [0.3, 0.4) is 0 Å². The molecule has 0 radical (unpaired) electrons. The summed E-state index contributed by atoms with van der Waals surface area (Å²) in [4.78, 5) is 18.3. The second-order valence-electron chi connectivity index (χ2n) is 7.27. The fraction of sp³-hybridized carbons (Fsp3) is 0.227. The number of carbonyl (C=O) groups is 1. The predicted molar refractivity (Wildman–Crippen MR) is 124 cm³/mol. The zero-order valence-corrected chi connectivity index (χ0v) is 19.1. The number of rotatable bonds is 6. The van der Waals surface area contributed by atoms with Gasteiger partial charge in [-0.1, -0.05) is 29.8 Å². The normalized spacial score (nSPS) is 15.1. The molecule has 1 fully saturated rings. The van der Waals surface area contributed by atoms with Crippen LogP contribution in [0, 0.1) is 0 Å². The van der Waals surface area contributed by atoms with Crippen molar-refractivity contribution in [3.8, 4) is 0 Å². The molecule has 2 heterocycles. The van der Waals surface area contributed by atoms with Gasteiger partial charge in [0.1, 0.15) is 0 Å². The third-order valence-corrected chi connectivity index (χ3v) is 7.72. The lowest BCUT2D eigenvalue weighted by atomic mass is 10.2. The molecule has 4 rings (SSSR count). The van der Waals surface area contributed by atoms with Crippen molar-refractivity contribution in [2.24, 2.45) is 0 Å². The molecule has 1 aliphatic heterocycles. The van der Waals surface area contributed by atoms with Gasteiger partial charge in [0.05, 0.1) is 9.23 Å². The Bertz CT molecular complexity index is 1140. The average Bonchev–Trinajstić information content (AvgIpc) is 3.19. The van der Waals surface area contributed by atoms with Gasteiger partial charge in [-0.15, -0.1) is 11.3 Å². The van der Waals surface area contributed by atoms with E-state index in [0.717, 1.165) is 24.0 Å². The predicted octanol–water partition coefficient (Wildman–Crippen LogP) is 4.16. The van der Waals surface area contributed by atoms with Crippen LogP contribution >= 0.6 is 22.9 Å². The fourth-order valence-corrected chi connectivity index (χ4v) is 5.63. The van der Waals surface area contributed by atoms with Crippen LogP contribution in [0.5, 0.6) is 0 Å². The van der Waals surface area contributed by atoms with E-state index in [0.29, 0.717) is 24.3 Å². The van der Waals surface area contributed by atoms with Crippen molar-refractivity contribution in [2.45, 2.75) is 11.4 Å². The number of para-hydroxylation sites is 1. The standard InChI is InChI=1S/C22H22ClN3O3S2/c23-21-11-8-19(30-21)16-25-12-14-26(15-13-25)22(27)17-6-9-20(10-7-17)31(28,29)24-18-4-2-1-3-5-18/h1-11,24H,12-16H2. The van der Waals surface area contributed by atoms with Gasteiger partial charge in [0.2, 0.25) is 0 Å². The van der Waals surface area contributed by atoms with Crippen molar-refractivity contribution in [3.05, 3.63) is 81.5 Å². The van der Waals surface area contributed by atoms with E-state index in [2.05, 4.69) is 9.62 Å². The van der Waals surface area contributed by atoms with Crippen LogP contribution in [0.25, 0.3) is 0 Å². The molecule has 0 spiro atoms. The maximum absolute atomic E-state index is 12.8. The van der Waals surface area contributed by atoms with E-state index in [9.17, 15) is 13.2 Å². The summed E-state index contributed by atoms with van der Waals surface area (Å²) < 4.78 is 28.4. The summed E-state index contributed by atoms with van der Waals surface area (Å²) in [5, 5.41) is 0. The number of piperazine rings is 1. The molecule has 2 aromatic carbocycles. The van der Waals surface area contributed by atoms with E-state index >= 15 is 0 Å². The van der Waals surface area contributed by atoms with Gasteiger partial charge >= 0.3 is 0 Å². The van der Waals surface area contributed by atoms with Crippen molar-refractivity contribution in [1.82, 2.24) is 9.80 Å². The van der Waals surface area contributed by atoms with E-state index in [1.807, 2.05) is 23.1 Å². The minimum atomic E-state index is -3.71. The number of hydrogen-bond acceptors (Lipinski definition) is 5. The molecule has 6 nitrogen and oxygen atoms in total. The maximum Gasteiger partial charge on any atom is 0.261 e. The number of sulfonamides is 1. The van der Waals surface area contributed by atoms with Gasteiger partial charge in [-0.3, -0.25) is 14.4 Å². The quantitative estimate of drug-likeness (QED) is 0.581. The van der Waals surface area contributed by atoms with Crippen molar-refractivity contribution >= 4 is 44.6 Å². The molecule has 1 amide bonds. The lowest BCUT2D eigenvalue weighted by Crippen LogP contribution is -2.48. The van der Waals surface area contributed by atoms with E-state index in [1.54, 1.807) is 47.7 Å². The van der Waals surface area contributed by atoms with Crippen molar-refractivity contribution in [3.63, 3.8) is 0 Å². The second-order valence-corrected chi connectivity index (χ2v) is 10.8. The SMILES string of the molecule is O=C(c1ccc(S(=O)(=O)Nc2ccccc2)cc1)N1CCN(Cc2ccc(Cl)s2)CC1. The summed E-state index contributed by atoms with van der Waals surface area (Å²) in [7, 11) is -3.71. The van der Waals surface area contributed by atoms with Gasteiger partial charge in [0, 0.05) is 48.9 Å². The first-order chi connectivity index (χ1) is 14.9. The molecule has 1 aliphatic rings. The van der Waals surface area contributed by atoms with Gasteiger partial charge < -0.3 is 4.90 Å². The third kappa shape index (κ3) is 5.46. The molecule has 1 N–H and O–H groups in total. The molecule has 0 atom stereocenters. The third-order valence-electron chi connectivity index (χ3n) is 5.11. The van der Waals surface area contributed by atoms with Crippen molar-refractivity contribution in [1.29, 1.82) is 0 Å². The van der Waals surface area contributed by atoms with Gasteiger partial charge in [-0.25, -0.2) is 8.42 Å². The lowest BCUT2D eigenvalue weighted by molar-refractivity contribution is 0.0629. The number of hydrogen-bond donors (Lipinski definition) is 1. The summed E-state index contributed by atoms with van der Waals surface area (Å²) in [6, 6.07) is 18.7. The number of halogens is 1. The first-order valence-corrected chi connectivity index (χ1v) is 12.5. The number of carbonyl (C=O) groups excluding carboxylic acids is 1. The number of nitrogens with one attached hydrogen (secondary N) is 1. The molecular formula is C22H22ClN3O3S2. The second kappa shape index (κ2) is 9.40. The van der Waals surface area contributed by atoms with E-state index < -0.39 is 10.0 Å². The fourth-order valence-electron chi connectivity index (χ4n) is 3.45. The highest BCUT2D eigenvalue weighted by Crippen LogP contribution is 2.23. The van der Waals surface area contributed by atoms with E-state index in [1.165, 1.54) is 17.0 Å². The zero-order valence-electron chi connectivity index (χ0n) is 16.7. The Labute approximate surface area is 191 Å². The van der Waals surface area contributed by atoms with Crippen molar-refractivity contribution < 1.29 is 13.2 Å². The van der Waals surface area contributed by atoms with Crippen LogP contribution < -0.4 is 4.72 Å². The first kappa shape index (κ1) is 21.8.